The van der Waals surface area contributed by atoms with Crippen molar-refractivity contribution in [3.63, 3.8) is 0 Å². The van der Waals surface area contributed by atoms with Crippen molar-refractivity contribution >= 4 is 39.3 Å². The molecule has 0 aliphatic carbocycles. The predicted molar refractivity (Wildman–Crippen MR) is 416 cm³/mol. The highest BCUT2D eigenvalue weighted by molar-refractivity contribution is 7.92. The first-order chi connectivity index (χ1) is 50.0. The molecule has 12 rings (SSSR count). The van der Waals surface area contributed by atoms with Gasteiger partial charge in [0, 0.05) is 76.0 Å². The molecule has 24 nitrogen and oxygen atoms in total. The molecule has 0 radical (unpaired) electrons. The van der Waals surface area contributed by atoms with E-state index < -0.39 is 84.8 Å². The fourth-order valence-corrected chi connectivity index (χ4v) is 20.2. The Hall–Kier alpha value is -7.96. The molecule has 0 saturated carbocycles. The van der Waals surface area contributed by atoms with Gasteiger partial charge in [-0.15, -0.1) is 0 Å². The first-order valence-corrected chi connectivity index (χ1v) is 41.8. The number of hydrogen-bond donors (Lipinski definition) is 0. The largest absolute Gasteiger partial charge is 0.497 e. The van der Waals surface area contributed by atoms with Gasteiger partial charge in [-0.05, 0) is 198 Å². The first kappa shape index (κ1) is 87.9. The number of rotatable bonds is 24. The van der Waals surface area contributed by atoms with Crippen molar-refractivity contribution in [3.8, 4) is 23.0 Å². The van der Waals surface area contributed by atoms with E-state index in [4.69, 9.17) is 37.9 Å². The van der Waals surface area contributed by atoms with Gasteiger partial charge in [0.1, 0.15) is 47.4 Å². The van der Waals surface area contributed by atoms with Gasteiger partial charge in [0.25, 0.3) is 0 Å². The first-order valence-electron chi connectivity index (χ1n) is 35.0. The molecule has 0 N–H and O–H groups in total. The van der Waals surface area contributed by atoms with Crippen LogP contribution in [0.2, 0.25) is 0 Å². The summed E-state index contributed by atoms with van der Waals surface area (Å²) in [5, 5.41) is -2.40. The summed E-state index contributed by atoms with van der Waals surface area (Å²) in [6.45, 7) is 9.73. The van der Waals surface area contributed by atoms with E-state index in [2.05, 4.69) is 39.9 Å². The minimum atomic E-state index is -3.34. The van der Waals surface area contributed by atoms with Crippen LogP contribution in [-0.4, -0.2) is 172 Å². The second-order valence-corrected chi connectivity index (χ2v) is 35.6. The minimum absolute atomic E-state index is 0. The van der Waals surface area contributed by atoms with Gasteiger partial charge in [0.05, 0.1) is 72.5 Å². The van der Waals surface area contributed by atoms with Crippen molar-refractivity contribution in [2.45, 2.75) is 172 Å². The zero-order valence-corrected chi connectivity index (χ0v) is 63.6. The van der Waals surface area contributed by atoms with Gasteiger partial charge in [-0.3, -0.25) is 0 Å². The monoisotopic (exact) mass is 1550 g/mol. The standard InChI is InChI=1S/4C19H24N2O4S.3CH4/c4*1-14-12-20-19(21-13-14)18-17(4-3-10-25-18)26(22,23)11-9-15-5-7-16(24-2)8-6-15;;;/h4*5-8,12-13,17-18H,3-4,9-11H2,1-2H3;3*1H4/t2*17-,18+;2*17-,18-;;;/m1010.../s1. The van der Waals surface area contributed by atoms with Crippen LogP contribution in [0.15, 0.2) is 147 Å². The minimum Gasteiger partial charge on any atom is -0.497 e. The fraction of sp³-hybridized carbons (Fsp3) is 0.494. The lowest BCUT2D eigenvalue weighted by Gasteiger charge is -2.30. The van der Waals surface area contributed by atoms with Gasteiger partial charge in [0.15, 0.2) is 62.6 Å². The van der Waals surface area contributed by atoms with Gasteiger partial charge < -0.3 is 37.9 Å². The van der Waals surface area contributed by atoms with E-state index in [1.807, 2.05) is 125 Å². The average Bonchev–Trinajstić information content (AvgIpc) is 0.816. The molecule has 0 spiro atoms. The Labute approximate surface area is 634 Å². The second-order valence-electron chi connectivity index (χ2n) is 26.2. The quantitative estimate of drug-likeness (QED) is 0.0542. The van der Waals surface area contributed by atoms with E-state index in [1.54, 1.807) is 78.0 Å². The summed E-state index contributed by atoms with van der Waals surface area (Å²) in [6, 6.07) is 29.9. The number of hydrogen-bond acceptors (Lipinski definition) is 24. The molecule has 0 bridgehead atoms. The van der Waals surface area contributed by atoms with Crippen LogP contribution in [0.25, 0.3) is 0 Å². The van der Waals surface area contributed by atoms with Gasteiger partial charge in [-0.1, -0.05) is 70.8 Å². The van der Waals surface area contributed by atoms with Gasteiger partial charge >= 0.3 is 0 Å². The average molecular weight is 1550 g/mol. The van der Waals surface area contributed by atoms with Gasteiger partial charge in [-0.2, -0.15) is 0 Å². The number of aryl methyl sites for hydroxylation is 8. The molecule has 28 heteroatoms. The molecule has 4 aliphatic heterocycles. The SMILES string of the molecule is C.C.C.COc1ccc(CCS(=O)(=O)[C@@H]2CCCO[C@@H]2c2ncc(C)cn2)cc1.COc1ccc(CCS(=O)(=O)[C@@H]2CCCO[C@H]2c2ncc(C)cn2)cc1.COc1ccc(CCS(=O)(=O)[C@H]2CCCO[C@@H]2c2ncc(C)cn2)cc1.COc1ccc(CCS(=O)(=O)[C@H]2CCCO[C@H]2c2ncc(C)cn2)cc1. The van der Waals surface area contributed by atoms with Crippen molar-refractivity contribution in [1.82, 2.24) is 39.9 Å². The van der Waals surface area contributed by atoms with E-state index >= 15 is 0 Å². The fourth-order valence-electron chi connectivity index (χ4n) is 12.5. The van der Waals surface area contributed by atoms with Crippen molar-refractivity contribution in [2.24, 2.45) is 0 Å². The zero-order chi connectivity index (χ0) is 74.3. The van der Waals surface area contributed by atoms with Crippen LogP contribution in [0, 0.1) is 27.7 Å². The number of methoxy groups -OCH3 is 4. The van der Waals surface area contributed by atoms with Crippen LogP contribution in [-0.2, 0) is 84.0 Å². The van der Waals surface area contributed by atoms with Crippen molar-refractivity contribution in [1.29, 1.82) is 0 Å². The zero-order valence-electron chi connectivity index (χ0n) is 60.4. The Morgan fingerprint density at radius 1 is 0.299 bits per heavy atom. The smallest absolute Gasteiger partial charge is 0.158 e. The van der Waals surface area contributed by atoms with E-state index in [9.17, 15) is 33.7 Å². The lowest BCUT2D eigenvalue weighted by atomic mass is 10.1. The molecular formula is C79H108N8O16S4. The third kappa shape index (κ3) is 25.6. The Morgan fingerprint density at radius 2 is 0.467 bits per heavy atom. The Morgan fingerprint density at radius 3 is 0.626 bits per heavy atom. The molecule has 584 valence electrons. The maximum absolute atomic E-state index is 13.0. The lowest BCUT2D eigenvalue weighted by molar-refractivity contribution is 0.0124. The third-order valence-electron chi connectivity index (χ3n) is 18.5. The number of sulfone groups is 4. The summed E-state index contributed by atoms with van der Waals surface area (Å²) in [6.07, 6.45) is 18.3. The van der Waals surface area contributed by atoms with Crippen molar-refractivity contribution in [2.75, 3.05) is 77.9 Å². The normalized spacial score (nSPS) is 20.1. The summed E-state index contributed by atoms with van der Waals surface area (Å²) in [5.74, 6) is 5.16. The molecule has 4 saturated heterocycles. The van der Waals surface area contributed by atoms with Crippen LogP contribution in [0.1, 0.15) is 166 Å². The summed E-state index contributed by atoms with van der Waals surface area (Å²) in [7, 11) is -6.94. The van der Waals surface area contributed by atoms with Crippen LogP contribution in [0.3, 0.4) is 0 Å². The van der Waals surface area contributed by atoms with E-state index in [0.29, 0.717) is 101 Å². The molecule has 8 atom stereocenters. The Balaban J connectivity index is 0.000000221. The summed E-state index contributed by atoms with van der Waals surface area (Å²) in [4.78, 5) is 34.3. The second kappa shape index (κ2) is 42.1. The van der Waals surface area contributed by atoms with Crippen molar-refractivity contribution in [3.05, 3.63) is 214 Å². The molecule has 8 aromatic rings. The van der Waals surface area contributed by atoms with Gasteiger partial charge in [-0.25, -0.2) is 73.5 Å². The number of ether oxygens (including phenoxy) is 8. The van der Waals surface area contributed by atoms with Crippen LogP contribution in [0.5, 0.6) is 23.0 Å². The van der Waals surface area contributed by atoms with E-state index in [0.717, 1.165) is 93.2 Å². The topological polar surface area (TPSA) is 314 Å². The molecule has 4 aromatic heterocycles. The number of aromatic nitrogens is 8. The lowest BCUT2D eigenvalue weighted by Crippen LogP contribution is -2.37. The van der Waals surface area contributed by atoms with Crippen LogP contribution in [0.4, 0.5) is 0 Å². The number of nitrogens with zero attached hydrogens (tertiary/aromatic N) is 8. The third-order valence-corrected chi connectivity index (χ3v) is 27.2. The molecule has 0 amide bonds. The molecule has 0 unspecified atom stereocenters. The van der Waals surface area contributed by atoms with Gasteiger partial charge in [0.2, 0.25) is 0 Å². The van der Waals surface area contributed by atoms with E-state index in [1.165, 1.54) is 0 Å². The Kier molecular flexibility index (Phi) is 34.6. The highest BCUT2D eigenvalue weighted by atomic mass is 32.2. The van der Waals surface area contributed by atoms with Crippen LogP contribution < -0.4 is 18.9 Å². The van der Waals surface area contributed by atoms with Crippen LogP contribution >= 0.6 is 0 Å². The molecule has 107 heavy (non-hydrogen) atoms. The molecular weight excluding hydrogens is 1450 g/mol. The van der Waals surface area contributed by atoms with Crippen molar-refractivity contribution < 1.29 is 71.6 Å². The maximum atomic E-state index is 13.0. The molecule has 8 heterocycles. The predicted octanol–water partition coefficient (Wildman–Crippen LogP) is 12.6. The number of benzene rings is 4. The summed E-state index contributed by atoms with van der Waals surface area (Å²) >= 11 is 0. The maximum Gasteiger partial charge on any atom is 0.158 e. The molecule has 4 aromatic carbocycles. The summed E-state index contributed by atoms with van der Waals surface area (Å²) in [5.41, 5.74) is 7.60. The molecule has 4 fully saturated rings. The Bertz CT molecular complexity index is 3850. The summed E-state index contributed by atoms with van der Waals surface area (Å²) < 4.78 is 147. The van der Waals surface area contributed by atoms with E-state index in [-0.39, 0.29) is 45.3 Å². The molecule has 4 aliphatic rings. The highest BCUT2D eigenvalue weighted by Gasteiger charge is 2.42. The highest BCUT2D eigenvalue weighted by Crippen LogP contribution is 2.37.